The number of hydrogen-bond acceptors (Lipinski definition) is 0. The molecular formula is C19H21BY4-4. The third kappa shape index (κ3) is 7.74. The summed E-state index contributed by atoms with van der Waals surface area (Å²) in [5.74, 6) is 0. The standard InChI is InChI=1S/C19H21B.4Y/c1-12-8-18(9-13(2)16(12)5)20(7)19-10-14(3)17(6)15(4)11-19;;;;/h1-7H3;;;;/q-4;;;;. The zero-order chi connectivity index (χ0) is 15.0. The van der Waals surface area contributed by atoms with E-state index in [1.54, 1.807) is 0 Å². The molecule has 0 spiro atoms. The normalized spacial score (nSPS) is 8.96. The Kier molecular flexibility index (Phi) is 18.4. The van der Waals surface area contributed by atoms with Gasteiger partial charge in [0.2, 0.25) is 0 Å². The molecule has 0 atom stereocenters. The maximum Gasteiger partial charge on any atom is 0.104 e. The third-order valence-corrected chi connectivity index (χ3v) is 4.40. The van der Waals surface area contributed by atoms with Gasteiger partial charge in [0, 0.05) is 131 Å². The van der Waals surface area contributed by atoms with Gasteiger partial charge in [-0.1, -0.05) is 34.5 Å². The minimum absolute atomic E-state index is 0. The van der Waals surface area contributed by atoms with Gasteiger partial charge in [-0.2, -0.15) is 0 Å². The summed E-state index contributed by atoms with van der Waals surface area (Å²) in [7, 11) is 0. The van der Waals surface area contributed by atoms with E-state index in [4.69, 9.17) is 0 Å². The van der Waals surface area contributed by atoms with Crippen LogP contribution in [0.15, 0.2) is 0 Å². The summed E-state index contributed by atoms with van der Waals surface area (Å²) < 4.78 is 0. The van der Waals surface area contributed by atoms with Gasteiger partial charge in [-0.05, 0) is 0 Å². The van der Waals surface area contributed by atoms with Crippen LogP contribution in [-0.4, -0.2) is 6.71 Å². The average molecular weight is 616 g/mol. The first kappa shape index (κ1) is 31.6. The molecule has 0 aliphatic rings. The molecule has 0 unspecified atom stereocenters. The molecule has 2 aromatic rings. The van der Waals surface area contributed by atoms with Crippen LogP contribution >= 0.6 is 0 Å². The second kappa shape index (κ2) is 14.0. The van der Waals surface area contributed by atoms with Crippen molar-refractivity contribution in [3.05, 3.63) is 57.6 Å². The van der Waals surface area contributed by atoms with Gasteiger partial charge >= 0.3 is 0 Å². The van der Waals surface area contributed by atoms with E-state index in [0.29, 0.717) is 0 Å². The molecular weight excluding hydrogens is 595 g/mol. The van der Waals surface area contributed by atoms with Crippen LogP contribution in [0.2, 0.25) is 6.82 Å². The van der Waals surface area contributed by atoms with Gasteiger partial charge < -0.3 is 35.2 Å². The summed E-state index contributed by atoms with van der Waals surface area (Å²) in [6, 6.07) is 13.9. The Balaban J connectivity index is -0.00000110. The molecule has 0 aromatic heterocycles. The Morgan fingerprint density at radius 3 is 0.917 bits per heavy atom. The maximum atomic E-state index is 3.47. The second-order valence-corrected chi connectivity index (χ2v) is 5.80. The molecule has 2 aromatic carbocycles. The van der Waals surface area contributed by atoms with Crippen molar-refractivity contribution < 1.29 is 131 Å². The van der Waals surface area contributed by atoms with Gasteiger partial charge in [-0.15, -0.1) is 13.8 Å². The number of rotatable bonds is 2. The van der Waals surface area contributed by atoms with Gasteiger partial charge in [-0.25, -0.2) is 0 Å². The Bertz CT molecular complexity index is 565. The zero-order valence-electron chi connectivity index (χ0n) is 15.9. The molecule has 0 saturated carbocycles. The van der Waals surface area contributed by atoms with Crippen LogP contribution in [0.4, 0.5) is 0 Å². The van der Waals surface area contributed by atoms with Crippen molar-refractivity contribution in [3.63, 3.8) is 0 Å². The van der Waals surface area contributed by atoms with Crippen LogP contribution in [0.1, 0.15) is 33.4 Å². The fourth-order valence-corrected chi connectivity index (χ4v) is 2.39. The Morgan fingerprint density at radius 1 is 0.500 bits per heavy atom. The molecule has 0 saturated heterocycles. The summed E-state index contributed by atoms with van der Waals surface area (Å²) in [5.41, 5.74) is 9.64. The maximum absolute atomic E-state index is 3.47. The fraction of sp³-hybridized carbons (Fsp3) is 0.368. The van der Waals surface area contributed by atoms with Crippen molar-refractivity contribution in [2.75, 3.05) is 0 Å². The quantitative estimate of drug-likeness (QED) is 0.360. The molecule has 24 heavy (non-hydrogen) atoms. The van der Waals surface area contributed by atoms with E-state index in [2.05, 4.69) is 72.6 Å². The van der Waals surface area contributed by atoms with Crippen LogP contribution in [0, 0.1) is 65.8 Å². The molecule has 0 amide bonds. The molecule has 0 aliphatic heterocycles. The average Bonchev–Trinajstić information content (AvgIpc) is 2.40. The summed E-state index contributed by atoms with van der Waals surface area (Å²) in [5, 5.41) is 0. The first-order valence-corrected chi connectivity index (χ1v) is 7.15. The minimum Gasteiger partial charge on any atom is -0.361 e. The zero-order valence-corrected chi connectivity index (χ0v) is 27.2. The molecule has 0 bridgehead atoms. The Hall–Kier alpha value is 2.92. The molecule has 0 N–H and O–H groups in total. The van der Waals surface area contributed by atoms with Gasteiger partial charge in [-0.3, -0.25) is 33.4 Å². The SMILES string of the molecule is CB(c1[c-]c(C)c(C)c(C)[c-]1)c1[c-]c(C)c(C)c(C)[c-]1.[Y].[Y].[Y].[Y]. The van der Waals surface area contributed by atoms with E-state index in [-0.39, 0.29) is 138 Å². The van der Waals surface area contributed by atoms with E-state index in [0.717, 1.165) is 10.9 Å². The van der Waals surface area contributed by atoms with E-state index in [1.807, 2.05) is 0 Å². The molecule has 0 heterocycles. The van der Waals surface area contributed by atoms with Crippen molar-refractivity contribution in [1.82, 2.24) is 0 Å². The van der Waals surface area contributed by atoms with Gasteiger partial charge in [0.25, 0.3) is 0 Å². The summed E-state index contributed by atoms with van der Waals surface area (Å²) in [6.45, 7) is 15.1. The molecule has 0 aliphatic carbocycles. The number of benzene rings is 2. The largest absolute Gasteiger partial charge is 0.361 e. The molecule has 2 rings (SSSR count). The summed E-state index contributed by atoms with van der Waals surface area (Å²) >= 11 is 0. The predicted molar refractivity (Wildman–Crippen MR) is 87.5 cm³/mol. The van der Waals surface area contributed by atoms with E-state index in [1.165, 1.54) is 33.4 Å². The predicted octanol–water partition coefficient (Wildman–Crippen LogP) is 2.97. The molecule has 4 radical (unpaired) electrons. The van der Waals surface area contributed by atoms with Crippen molar-refractivity contribution in [1.29, 1.82) is 0 Å². The van der Waals surface area contributed by atoms with Crippen molar-refractivity contribution >= 4 is 17.6 Å². The van der Waals surface area contributed by atoms with Gasteiger partial charge in [0.15, 0.2) is 0 Å². The second-order valence-electron chi connectivity index (χ2n) is 5.80. The third-order valence-electron chi connectivity index (χ3n) is 4.40. The van der Waals surface area contributed by atoms with Crippen molar-refractivity contribution in [3.8, 4) is 0 Å². The van der Waals surface area contributed by atoms with Gasteiger partial charge in [0.05, 0.1) is 0 Å². The number of aryl methyl sites for hydroxylation is 4. The fourth-order valence-electron chi connectivity index (χ4n) is 2.39. The number of hydrogen-bond donors (Lipinski definition) is 0. The monoisotopic (exact) mass is 616 g/mol. The minimum atomic E-state index is 0. The molecule has 116 valence electrons. The van der Waals surface area contributed by atoms with E-state index >= 15 is 0 Å². The van der Waals surface area contributed by atoms with Crippen LogP contribution in [0.5, 0.6) is 0 Å². The van der Waals surface area contributed by atoms with Crippen LogP contribution in [0.25, 0.3) is 0 Å². The van der Waals surface area contributed by atoms with Gasteiger partial charge in [0.1, 0.15) is 6.71 Å². The Morgan fingerprint density at radius 2 is 0.708 bits per heavy atom. The van der Waals surface area contributed by atoms with Crippen LogP contribution in [-0.2, 0) is 131 Å². The smallest absolute Gasteiger partial charge is 0.104 e. The molecule has 0 fully saturated rings. The van der Waals surface area contributed by atoms with E-state index in [9.17, 15) is 0 Å². The topological polar surface area (TPSA) is 0 Å². The summed E-state index contributed by atoms with van der Waals surface area (Å²) in [6.07, 6.45) is 0. The first-order chi connectivity index (χ1) is 9.31. The van der Waals surface area contributed by atoms with Crippen molar-refractivity contribution in [2.45, 2.75) is 48.4 Å². The van der Waals surface area contributed by atoms with Crippen LogP contribution in [0.3, 0.4) is 0 Å². The molecule has 0 nitrogen and oxygen atoms in total. The Labute approximate surface area is 249 Å². The summed E-state index contributed by atoms with van der Waals surface area (Å²) in [4.78, 5) is 0. The molecule has 5 heteroatoms. The van der Waals surface area contributed by atoms with Crippen molar-refractivity contribution in [2.24, 2.45) is 0 Å². The van der Waals surface area contributed by atoms with E-state index < -0.39 is 0 Å². The van der Waals surface area contributed by atoms with Crippen LogP contribution < -0.4 is 10.9 Å². The first-order valence-electron chi connectivity index (χ1n) is 7.15.